The summed E-state index contributed by atoms with van der Waals surface area (Å²) in [6.45, 7) is 5.75. The molecule has 15 heavy (non-hydrogen) atoms. The molecule has 0 saturated heterocycles. The Morgan fingerprint density at radius 1 is 1.13 bits per heavy atom. The van der Waals surface area contributed by atoms with E-state index in [-0.39, 0.29) is 0 Å². The molecule has 0 bridgehead atoms. The molecule has 84 valence electrons. The van der Waals surface area contributed by atoms with E-state index in [1.165, 1.54) is 24.8 Å². The Balaban J connectivity index is 2.27. The van der Waals surface area contributed by atoms with Crippen molar-refractivity contribution in [2.24, 2.45) is 5.41 Å². The van der Waals surface area contributed by atoms with Crippen molar-refractivity contribution < 1.29 is 0 Å². The summed E-state index contributed by atoms with van der Waals surface area (Å²) in [5, 5.41) is 3.26. The number of nitrogens with one attached hydrogen (secondary N) is 1. The average molecular weight is 205 g/mol. The summed E-state index contributed by atoms with van der Waals surface area (Å²) in [5.74, 6) is 0. The summed E-state index contributed by atoms with van der Waals surface area (Å²) in [6, 6.07) is 10.7. The SMILES string of the molecule is CNCC(C)(C)CCCc1ccccc1. The number of aryl methyl sites for hydroxylation is 1. The lowest BCUT2D eigenvalue weighted by atomic mass is 9.86. The molecule has 1 N–H and O–H groups in total. The normalized spacial score (nSPS) is 11.7. The van der Waals surface area contributed by atoms with Crippen LogP contribution in [-0.4, -0.2) is 13.6 Å². The largest absolute Gasteiger partial charge is 0.319 e. The topological polar surface area (TPSA) is 12.0 Å². The Morgan fingerprint density at radius 3 is 2.40 bits per heavy atom. The average Bonchev–Trinajstić information content (AvgIpc) is 2.19. The van der Waals surface area contributed by atoms with Crippen LogP contribution >= 0.6 is 0 Å². The standard InChI is InChI=1S/C14H23N/c1-14(2,12-15-3)11-7-10-13-8-5-4-6-9-13/h4-6,8-9,15H,7,10-12H2,1-3H3. The van der Waals surface area contributed by atoms with Crippen LogP contribution in [0.4, 0.5) is 0 Å². The summed E-state index contributed by atoms with van der Waals surface area (Å²) in [4.78, 5) is 0. The molecule has 0 aromatic heterocycles. The zero-order valence-corrected chi connectivity index (χ0v) is 10.2. The van der Waals surface area contributed by atoms with E-state index in [0.717, 1.165) is 6.54 Å². The van der Waals surface area contributed by atoms with Crippen LogP contribution in [-0.2, 0) is 6.42 Å². The van der Waals surface area contributed by atoms with Gasteiger partial charge in [0.15, 0.2) is 0 Å². The second-order valence-electron chi connectivity index (χ2n) is 5.03. The fourth-order valence-electron chi connectivity index (χ4n) is 1.98. The van der Waals surface area contributed by atoms with E-state index in [1.54, 1.807) is 0 Å². The van der Waals surface area contributed by atoms with Gasteiger partial charge in [0.25, 0.3) is 0 Å². The summed E-state index contributed by atoms with van der Waals surface area (Å²) in [7, 11) is 2.03. The van der Waals surface area contributed by atoms with Crippen molar-refractivity contribution in [2.75, 3.05) is 13.6 Å². The molecule has 0 atom stereocenters. The molecule has 0 aliphatic heterocycles. The summed E-state index contributed by atoms with van der Waals surface area (Å²) in [5.41, 5.74) is 1.88. The van der Waals surface area contributed by atoms with E-state index in [4.69, 9.17) is 0 Å². The molecular weight excluding hydrogens is 182 g/mol. The van der Waals surface area contributed by atoms with Crippen molar-refractivity contribution in [2.45, 2.75) is 33.1 Å². The Morgan fingerprint density at radius 2 is 1.80 bits per heavy atom. The van der Waals surface area contributed by atoms with Crippen molar-refractivity contribution in [3.05, 3.63) is 35.9 Å². The summed E-state index contributed by atoms with van der Waals surface area (Å²) < 4.78 is 0. The van der Waals surface area contributed by atoms with Gasteiger partial charge in [0.1, 0.15) is 0 Å². The predicted octanol–water partition coefficient (Wildman–Crippen LogP) is 3.25. The number of rotatable bonds is 6. The third-order valence-corrected chi connectivity index (χ3v) is 2.82. The highest BCUT2D eigenvalue weighted by molar-refractivity contribution is 5.14. The van der Waals surface area contributed by atoms with Gasteiger partial charge in [-0.25, -0.2) is 0 Å². The van der Waals surface area contributed by atoms with E-state index >= 15 is 0 Å². The van der Waals surface area contributed by atoms with Crippen molar-refractivity contribution in [1.82, 2.24) is 5.32 Å². The third-order valence-electron chi connectivity index (χ3n) is 2.82. The Labute approximate surface area is 93.9 Å². The molecule has 0 amide bonds. The molecule has 0 saturated carbocycles. The maximum atomic E-state index is 3.26. The lowest BCUT2D eigenvalue weighted by Crippen LogP contribution is -2.26. The molecule has 0 fully saturated rings. The molecule has 1 nitrogen and oxygen atoms in total. The maximum Gasteiger partial charge on any atom is -0.0000486 e. The minimum absolute atomic E-state index is 0.420. The molecule has 0 aliphatic rings. The highest BCUT2D eigenvalue weighted by Gasteiger charge is 2.15. The van der Waals surface area contributed by atoms with Crippen LogP contribution in [0.3, 0.4) is 0 Å². The monoisotopic (exact) mass is 205 g/mol. The summed E-state index contributed by atoms with van der Waals surface area (Å²) >= 11 is 0. The maximum absolute atomic E-state index is 3.26. The fraction of sp³-hybridized carbons (Fsp3) is 0.571. The quantitative estimate of drug-likeness (QED) is 0.751. The van der Waals surface area contributed by atoms with Gasteiger partial charge in [-0.3, -0.25) is 0 Å². The molecule has 0 aliphatic carbocycles. The molecular formula is C14H23N. The van der Waals surface area contributed by atoms with Gasteiger partial charge in [-0.05, 0) is 43.8 Å². The van der Waals surface area contributed by atoms with Gasteiger partial charge in [0.05, 0.1) is 0 Å². The van der Waals surface area contributed by atoms with Crippen LogP contribution in [0.5, 0.6) is 0 Å². The Hall–Kier alpha value is -0.820. The van der Waals surface area contributed by atoms with Crippen LogP contribution in [0.15, 0.2) is 30.3 Å². The zero-order chi connectivity index (χ0) is 11.1. The minimum Gasteiger partial charge on any atom is -0.319 e. The molecule has 1 rings (SSSR count). The molecule has 0 radical (unpaired) electrons. The number of hydrogen-bond donors (Lipinski definition) is 1. The van der Waals surface area contributed by atoms with Crippen LogP contribution in [0.1, 0.15) is 32.3 Å². The first-order chi connectivity index (χ1) is 7.14. The van der Waals surface area contributed by atoms with Gasteiger partial charge in [-0.2, -0.15) is 0 Å². The van der Waals surface area contributed by atoms with Gasteiger partial charge in [0, 0.05) is 0 Å². The van der Waals surface area contributed by atoms with Gasteiger partial charge >= 0.3 is 0 Å². The second kappa shape index (κ2) is 5.92. The van der Waals surface area contributed by atoms with Crippen molar-refractivity contribution in [3.63, 3.8) is 0 Å². The lowest BCUT2D eigenvalue weighted by molar-refractivity contribution is 0.315. The van der Waals surface area contributed by atoms with E-state index in [0.29, 0.717) is 5.41 Å². The second-order valence-corrected chi connectivity index (χ2v) is 5.03. The van der Waals surface area contributed by atoms with Crippen molar-refractivity contribution in [3.8, 4) is 0 Å². The van der Waals surface area contributed by atoms with Crippen LogP contribution < -0.4 is 5.32 Å². The van der Waals surface area contributed by atoms with Gasteiger partial charge in [-0.15, -0.1) is 0 Å². The first kappa shape index (κ1) is 12.3. The zero-order valence-electron chi connectivity index (χ0n) is 10.2. The van der Waals surface area contributed by atoms with Crippen LogP contribution in [0, 0.1) is 5.41 Å². The fourth-order valence-corrected chi connectivity index (χ4v) is 1.98. The van der Waals surface area contributed by atoms with E-state index in [9.17, 15) is 0 Å². The molecule has 0 heterocycles. The number of benzene rings is 1. The smallest absolute Gasteiger partial charge is 0.0000486 e. The molecule has 1 heteroatoms. The van der Waals surface area contributed by atoms with E-state index in [2.05, 4.69) is 49.5 Å². The first-order valence-electron chi connectivity index (χ1n) is 5.82. The Kier molecular flexibility index (Phi) is 4.83. The van der Waals surface area contributed by atoms with Gasteiger partial charge in [-0.1, -0.05) is 44.2 Å². The highest BCUT2D eigenvalue weighted by atomic mass is 14.8. The first-order valence-corrected chi connectivity index (χ1v) is 5.82. The minimum atomic E-state index is 0.420. The van der Waals surface area contributed by atoms with Crippen LogP contribution in [0.2, 0.25) is 0 Å². The van der Waals surface area contributed by atoms with Crippen LogP contribution in [0.25, 0.3) is 0 Å². The molecule has 1 aromatic carbocycles. The summed E-state index contributed by atoms with van der Waals surface area (Å²) in [6.07, 6.45) is 3.76. The molecule has 1 aromatic rings. The number of hydrogen-bond acceptors (Lipinski definition) is 1. The highest BCUT2D eigenvalue weighted by Crippen LogP contribution is 2.22. The van der Waals surface area contributed by atoms with Crippen molar-refractivity contribution >= 4 is 0 Å². The molecule has 0 spiro atoms. The van der Waals surface area contributed by atoms with E-state index in [1.807, 2.05) is 7.05 Å². The van der Waals surface area contributed by atoms with Gasteiger partial charge < -0.3 is 5.32 Å². The Bertz CT molecular complexity index is 264. The van der Waals surface area contributed by atoms with E-state index < -0.39 is 0 Å². The third kappa shape index (κ3) is 4.98. The molecule has 0 unspecified atom stereocenters. The van der Waals surface area contributed by atoms with Crippen molar-refractivity contribution in [1.29, 1.82) is 0 Å². The van der Waals surface area contributed by atoms with Gasteiger partial charge in [0.2, 0.25) is 0 Å². The predicted molar refractivity (Wildman–Crippen MR) is 67.1 cm³/mol. The lowest BCUT2D eigenvalue weighted by Gasteiger charge is -2.24.